The van der Waals surface area contributed by atoms with E-state index in [1.54, 1.807) is 0 Å². The van der Waals surface area contributed by atoms with Gasteiger partial charge in [-0.1, -0.05) is 19.1 Å². The van der Waals surface area contributed by atoms with Gasteiger partial charge in [-0.3, -0.25) is 0 Å². The number of hydrogen-bond acceptors (Lipinski definition) is 1. The van der Waals surface area contributed by atoms with Crippen molar-refractivity contribution in [2.45, 2.75) is 13.3 Å². The molecule has 0 saturated heterocycles. The lowest BCUT2D eigenvalue weighted by Crippen LogP contribution is -1.99. The molecule has 0 aliphatic carbocycles. The molecule has 44 valence electrons. The van der Waals surface area contributed by atoms with Gasteiger partial charge in [0, 0.05) is 6.54 Å². The molecule has 0 radical (unpaired) electrons. The summed E-state index contributed by atoms with van der Waals surface area (Å²) >= 11 is 0. The van der Waals surface area contributed by atoms with E-state index in [1.807, 2.05) is 0 Å². The van der Waals surface area contributed by atoms with E-state index in [9.17, 15) is 0 Å². The number of nitrogens with two attached hydrogens (primary N) is 1. The smallest absolute Gasteiger partial charge is 0.0134 e. The third-order valence-electron chi connectivity index (χ3n) is 0.789. The molecule has 0 atom stereocenters. The largest absolute Gasteiger partial charge is 0.327 e. The Morgan fingerprint density at radius 1 is 1.71 bits per heavy atom. The number of hydrogen-bond donors (Lipinski definition) is 1. The van der Waals surface area contributed by atoms with Gasteiger partial charge in [0.15, 0.2) is 0 Å². The van der Waals surface area contributed by atoms with Gasteiger partial charge < -0.3 is 5.73 Å². The zero-order chi connectivity index (χ0) is 4.99. The quantitative estimate of drug-likeness (QED) is 0.549. The van der Waals surface area contributed by atoms with Crippen molar-refractivity contribution < 1.29 is 0 Å². The molecule has 0 aromatic carbocycles. The molecule has 0 aliphatic heterocycles. The molecule has 0 saturated carbocycles. The van der Waals surface area contributed by atoms with Gasteiger partial charge >= 0.3 is 0 Å². The fourth-order valence-corrected chi connectivity index (χ4v) is 0.144. The van der Waals surface area contributed by atoms with E-state index in [4.69, 9.17) is 5.73 Å². The molecule has 0 bridgehead atoms. The lowest BCUT2D eigenvalue weighted by atomic mass is 10.2. The van der Waals surface area contributed by atoms with Crippen LogP contribution >= 0.6 is 12.4 Å². The predicted octanol–water partition coefficient (Wildman–Crippen LogP) is 1.33. The molecule has 0 heterocycles. The van der Waals surface area contributed by atoms with E-state index >= 15 is 0 Å². The summed E-state index contributed by atoms with van der Waals surface area (Å²) in [5.74, 6) is 0. The van der Waals surface area contributed by atoms with Crippen molar-refractivity contribution in [3.8, 4) is 0 Å². The lowest BCUT2D eigenvalue weighted by Gasteiger charge is -1.89. The summed E-state index contributed by atoms with van der Waals surface area (Å²) < 4.78 is 0. The van der Waals surface area contributed by atoms with Crippen molar-refractivity contribution in [1.82, 2.24) is 0 Å². The zero-order valence-electron chi connectivity index (χ0n) is 4.61. The fraction of sp³-hybridized carbons (Fsp3) is 0.600. The molecule has 0 amide bonds. The normalized spacial score (nSPS) is 7.14. The highest BCUT2D eigenvalue weighted by Crippen LogP contribution is 1.88. The summed E-state index contributed by atoms with van der Waals surface area (Å²) in [6.45, 7) is 6.35. The van der Waals surface area contributed by atoms with Gasteiger partial charge in [-0.05, 0) is 6.42 Å². The van der Waals surface area contributed by atoms with Gasteiger partial charge in [0.25, 0.3) is 0 Å². The third kappa shape index (κ3) is 5.99. The second-order valence-corrected chi connectivity index (χ2v) is 1.31. The van der Waals surface area contributed by atoms with Gasteiger partial charge in [-0.25, -0.2) is 0 Å². The summed E-state index contributed by atoms with van der Waals surface area (Å²) in [5.41, 5.74) is 6.30. The summed E-state index contributed by atoms with van der Waals surface area (Å²) in [6, 6.07) is 0. The lowest BCUT2D eigenvalue weighted by molar-refractivity contribution is 1.02. The Balaban J connectivity index is 0. The molecule has 2 heteroatoms. The van der Waals surface area contributed by atoms with Gasteiger partial charge in [-0.2, -0.15) is 0 Å². The highest BCUT2D eigenvalue weighted by Gasteiger charge is 1.78. The van der Waals surface area contributed by atoms with Crippen molar-refractivity contribution in [3.63, 3.8) is 0 Å². The first-order chi connectivity index (χ1) is 2.81. The van der Waals surface area contributed by atoms with Crippen LogP contribution in [0.3, 0.4) is 0 Å². The highest BCUT2D eigenvalue weighted by molar-refractivity contribution is 5.85. The fourth-order valence-electron chi connectivity index (χ4n) is 0.144. The van der Waals surface area contributed by atoms with Crippen molar-refractivity contribution in [2.24, 2.45) is 5.73 Å². The van der Waals surface area contributed by atoms with Crippen LogP contribution in [0.2, 0.25) is 0 Å². The first-order valence-electron chi connectivity index (χ1n) is 2.18. The maximum atomic E-state index is 5.18. The Bertz CT molecular complexity index is 46.0. The molecule has 0 fully saturated rings. The molecular formula is C5H12ClN. The Morgan fingerprint density at radius 2 is 2.14 bits per heavy atom. The number of halogens is 1. The predicted molar refractivity (Wildman–Crippen MR) is 35.7 cm³/mol. The Hall–Kier alpha value is -0.0100. The Morgan fingerprint density at radius 3 is 2.14 bits per heavy atom. The van der Waals surface area contributed by atoms with Gasteiger partial charge in [0.05, 0.1) is 0 Å². The molecular weight excluding hydrogens is 110 g/mol. The second kappa shape index (κ2) is 5.99. The van der Waals surface area contributed by atoms with Crippen LogP contribution in [0.4, 0.5) is 0 Å². The zero-order valence-corrected chi connectivity index (χ0v) is 5.42. The minimum absolute atomic E-state index is 0. The van der Waals surface area contributed by atoms with E-state index < -0.39 is 0 Å². The Labute approximate surface area is 51.0 Å². The maximum absolute atomic E-state index is 5.18. The average molecular weight is 122 g/mol. The van der Waals surface area contributed by atoms with Crippen molar-refractivity contribution in [3.05, 3.63) is 12.2 Å². The molecule has 0 aromatic rings. The van der Waals surface area contributed by atoms with Crippen molar-refractivity contribution in [1.29, 1.82) is 0 Å². The SMILES string of the molecule is C=C(CC)CN.Cl. The van der Waals surface area contributed by atoms with Crippen LogP contribution in [-0.4, -0.2) is 6.54 Å². The van der Waals surface area contributed by atoms with Crippen LogP contribution in [0.1, 0.15) is 13.3 Å². The molecule has 0 rings (SSSR count). The maximum Gasteiger partial charge on any atom is 0.0134 e. The summed E-state index contributed by atoms with van der Waals surface area (Å²) in [7, 11) is 0. The van der Waals surface area contributed by atoms with Gasteiger partial charge in [-0.15, -0.1) is 12.4 Å². The first-order valence-corrected chi connectivity index (χ1v) is 2.18. The topological polar surface area (TPSA) is 26.0 Å². The summed E-state index contributed by atoms with van der Waals surface area (Å²) in [6.07, 6.45) is 1.01. The highest BCUT2D eigenvalue weighted by atomic mass is 35.5. The van der Waals surface area contributed by atoms with Crippen LogP contribution in [-0.2, 0) is 0 Å². The second-order valence-electron chi connectivity index (χ2n) is 1.31. The molecule has 0 aliphatic rings. The van der Waals surface area contributed by atoms with Gasteiger partial charge in [0.1, 0.15) is 0 Å². The van der Waals surface area contributed by atoms with Crippen molar-refractivity contribution >= 4 is 12.4 Å². The minimum Gasteiger partial charge on any atom is -0.327 e. The van der Waals surface area contributed by atoms with Crippen LogP contribution in [0, 0.1) is 0 Å². The monoisotopic (exact) mass is 121 g/mol. The van der Waals surface area contributed by atoms with E-state index in [-0.39, 0.29) is 12.4 Å². The minimum atomic E-state index is 0. The third-order valence-corrected chi connectivity index (χ3v) is 0.789. The van der Waals surface area contributed by atoms with Crippen LogP contribution in [0.25, 0.3) is 0 Å². The van der Waals surface area contributed by atoms with E-state index in [0.717, 1.165) is 12.0 Å². The number of rotatable bonds is 2. The van der Waals surface area contributed by atoms with E-state index in [1.165, 1.54) is 0 Å². The van der Waals surface area contributed by atoms with Crippen LogP contribution in [0.5, 0.6) is 0 Å². The Kier molecular flexibility index (Phi) is 8.62. The molecule has 7 heavy (non-hydrogen) atoms. The van der Waals surface area contributed by atoms with Gasteiger partial charge in [0.2, 0.25) is 0 Å². The molecule has 0 unspecified atom stereocenters. The molecule has 0 aromatic heterocycles. The first kappa shape index (κ1) is 10.1. The molecule has 2 N–H and O–H groups in total. The van der Waals surface area contributed by atoms with E-state index in [2.05, 4.69) is 13.5 Å². The molecule has 0 spiro atoms. The summed E-state index contributed by atoms with van der Waals surface area (Å²) in [4.78, 5) is 0. The average Bonchev–Trinajstić information content (AvgIpc) is 1.65. The summed E-state index contributed by atoms with van der Waals surface area (Å²) in [5, 5.41) is 0. The van der Waals surface area contributed by atoms with Crippen LogP contribution in [0.15, 0.2) is 12.2 Å². The molecule has 1 nitrogen and oxygen atoms in total. The van der Waals surface area contributed by atoms with Crippen molar-refractivity contribution in [2.75, 3.05) is 6.54 Å². The standard InChI is InChI=1S/C5H11N.ClH/c1-3-5(2)4-6;/h2-4,6H2,1H3;1H. The van der Waals surface area contributed by atoms with Crippen LogP contribution < -0.4 is 5.73 Å². The van der Waals surface area contributed by atoms with E-state index in [0.29, 0.717) is 6.54 Å².